The summed E-state index contributed by atoms with van der Waals surface area (Å²) >= 11 is 11.6. The Hall–Kier alpha value is -0.490. The third-order valence-electron chi connectivity index (χ3n) is 3.09. The number of nitrogens with zero attached hydrogens (tertiary/aromatic N) is 1. The van der Waals surface area contributed by atoms with Crippen LogP contribution in [0.2, 0.25) is 10.0 Å². The second-order valence-electron chi connectivity index (χ2n) is 4.40. The fourth-order valence-electron chi connectivity index (χ4n) is 2.23. The summed E-state index contributed by atoms with van der Waals surface area (Å²) in [5.74, 6) is 0. The van der Waals surface area contributed by atoms with Crippen molar-refractivity contribution in [1.29, 1.82) is 0 Å². The SMILES string of the molecule is FC(F)(F)[C@H](c1ccc(Cl)c(Cl)c1)N1CCNCC1. The van der Waals surface area contributed by atoms with E-state index in [1.807, 2.05) is 0 Å². The Bertz CT molecular complexity index is 445. The summed E-state index contributed by atoms with van der Waals surface area (Å²) < 4.78 is 39.9. The third-order valence-corrected chi connectivity index (χ3v) is 3.83. The van der Waals surface area contributed by atoms with Crippen LogP contribution in [0.15, 0.2) is 18.2 Å². The Morgan fingerprint density at radius 1 is 1.11 bits per heavy atom. The average molecular weight is 313 g/mol. The maximum absolute atomic E-state index is 13.3. The van der Waals surface area contributed by atoms with Crippen LogP contribution in [0.4, 0.5) is 13.2 Å². The summed E-state index contributed by atoms with van der Waals surface area (Å²) in [6.07, 6.45) is -4.34. The van der Waals surface area contributed by atoms with Crippen molar-refractivity contribution < 1.29 is 13.2 Å². The van der Waals surface area contributed by atoms with Crippen LogP contribution in [-0.4, -0.2) is 37.3 Å². The van der Waals surface area contributed by atoms with Crippen LogP contribution >= 0.6 is 23.2 Å². The predicted molar refractivity (Wildman–Crippen MR) is 69.7 cm³/mol. The molecule has 1 aliphatic heterocycles. The highest BCUT2D eigenvalue weighted by molar-refractivity contribution is 6.42. The molecule has 0 aliphatic carbocycles. The number of hydrogen-bond acceptors (Lipinski definition) is 2. The van der Waals surface area contributed by atoms with E-state index in [1.165, 1.54) is 23.1 Å². The highest BCUT2D eigenvalue weighted by Gasteiger charge is 2.44. The molecule has 1 fully saturated rings. The van der Waals surface area contributed by atoms with Crippen molar-refractivity contribution in [2.75, 3.05) is 26.2 Å². The zero-order chi connectivity index (χ0) is 14.0. The van der Waals surface area contributed by atoms with E-state index in [1.54, 1.807) is 0 Å². The van der Waals surface area contributed by atoms with E-state index in [9.17, 15) is 13.2 Å². The molecule has 0 unspecified atom stereocenters. The van der Waals surface area contributed by atoms with E-state index in [4.69, 9.17) is 23.2 Å². The summed E-state index contributed by atoms with van der Waals surface area (Å²) in [5.41, 5.74) is 0.129. The maximum atomic E-state index is 13.3. The smallest absolute Gasteiger partial charge is 0.314 e. The average Bonchev–Trinajstić information content (AvgIpc) is 2.34. The largest absolute Gasteiger partial charge is 0.408 e. The van der Waals surface area contributed by atoms with Crippen molar-refractivity contribution in [3.8, 4) is 0 Å². The van der Waals surface area contributed by atoms with Gasteiger partial charge in [0.2, 0.25) is 0 Å². The van der Waals surface area contributed by atoms with E-state index < -0.39 is 12.2 Å². The van der Waals surface area contributed by atoms with E-state index in [-0.39, 0.29) is 15.6 Å². The molecule has 2 rings (SSSR count). The van der Waals surface area contributed by atoms with Crippen LogP contribution in [-0.2, 0) is 0 Å². The molecule has 0 aromatic heterocycles. The minimum absolute atomic E-state index is 0.129. The van der Waals surface area contributed by atoms with Crippen LogP contribution < -0.4 is 5.32 Å². The quantitative estimate of drug-likeness (QED) is 0.899. The molecule has 0 saturated carbocycles. The van der Waals surface area contributed by atoms with Gasteiger partial charge in [0.25, 0.3) is 0 Å². The first-order chi connectivity index (χ1) is 8.89. The lowest BCUT2D eigenvalue weighted by molar-refractivity contribution is -0.187. The molecule has 1 aromatic rings. The Kier molecular flexibility index (Phi) is 4.61. The Morgan fingerprint density at radius 3 is 2.26 bits per heavy atom. The molecular formula is C12H13Cl2F3N2. The predicted octanol–water partition coefficient (Wildman–Crippen LogP) is 3.50. The van der Waals surface area contributed by atoms with Crippen molar-refractivity contribution >= 4 is 23.2 Å². The van der Waals surface area contributed by atoms with Crippen LogP contribution in [0.25, 0.3) is 0 Å². The van der Waals surface area contributed by atoms with Gasteiger partial charge in [-0.1, -0.05) is 29.3 Å². The molecule has 1 aromatic carbocycles. The number of halogens is 5. The number of rotatable bonds is 2. The van der Waals surface area contributed by atoms with Crippen molar-refractivity contribution in [2.45, 2.75) is 12.2 Å². The van der Waals surface area contributed by atoms with Gasteiger partial charge in [-0.25, -0.2) is 0 Å². The standard InChI is InChI=1S/C12H13Cl2F3N2/c13-9-2-1-8(7-10(9)14)11(12(15,16)17)19-5-3-18-4-6-19/h1-2,7,11,18H,3-6H2/t11-/m0/s1. The summed E-state index contributed by atoms with van der Waals surface area (Å²) in [5, 5.41) is 3.44. The van der Waals surface area contributed by atoms with E-state index in [0.717, 1.165) is 0 Å². The van der Waals surface area contributed by atoms with Gasteiger partial charge in [-0.05, 0) is 17.7 Å². The fourth-order valence-corrected chi connectivity index (χ4v) is 2.54. The lowest BCUT2D eigenvalue weighted by atomic mass is 10.0. The zero-order valence-electron chi connectivity index (χ0n) is 9.97. The normalized spacial score (nSPS) is 19.4. The molecule has 1 heterocycles. The van der Waals surface area contributed by atoms with E-state index >= 15 is 0 Å². The molecule has 0 bridgehead atoms. The molecule has 7 heteroatoms. The highest BCUT2D eigenvalue weighted by atomic mass is 35.5. The van der Waals surface area contributed by atoms with Gasteiger partial charge in [0, 0.05) is 26.2 Å². The lowest BCUT2D eigenvalue weighted by Gasteiger charge is -2.36. The molecule has 1 atom stereocenters. The van der Waals surface area contributed by atoms with Gasteiger partial charge in [0.05, 0.1) is 10.0 Å². The highest BCUT2D eigenvalue weighted by Crippen LogP contribution is 2.39. The van der Waals surface area contributed by atoms with Crippen LogP contribution in [0.5, 0.6) is 0 Å². The molecule has 1 aliphatic rings. The minimum atomic E-state index is -4.34. The van der Waals surface area contributed by atoms with Crippen LogP contribution in [0.1, 0.15) is 11.6 Å². The number of nitrogens with one attached hydrogen (secondary N) is 1. The lowest BCUT2D eigenvalue weighted by Crippen LogP contribution is -2.49. The number of hydrogen-bond donors (Lipinski definition) is 1. The van der Waals surface area contributed by atoms with Crippen molar-refractivity contribution in [2.24, 2.45) is 0 Å². The molecular weight excluding hydrogens is 300 g/mol. The number of benzene rings is 1. The minimum Gasteiger partial charge on any atom is -0.314 e. The van der Waals surface area contributed by atoms with Gasteiger partial charge in [0.15, 0.2) is 0 Å². The first kappa shape index (κ1) is 14.9. The molecule has 0 radical (unpaired) electrons. The molecule has 1 saturated heterocycles. The van der Waals surface area contributed by atoms with Gasteiger partial charge >= 0.3 is 6.18 Å². The first-order valence-corrected chi connectivity index (χ1v) is 6.61. The topological polar surface area (TPSA) is 15.3 Å². The fraction of sp³-hybridized carbons (Fsp3) is 0.500. The summed E-state index contributed by atoms with van der Waals surface area (Å²) in [7, 11) is 0. The van der Waals surface area contributed by atoms with Crippen LogP contribution in [0.3, 0.4) is 0 Å². The van der Waals surface area contributed by atoms with Crippen molar-refractivity contribution in [1.82, 2.24) is 10.2 Å². The Labute approximate surface area is 119 Å². The molecule has 0 amide bonds. The van der Waals surface area contributed by atoms with Gasteiger partial charge < -0.3 is 5.32 Å². The maximum Gasteiger partial charge on any atom is 0.408 e. The molecule has 0 spiro atoms. The first-order valence-electron chi connectivity index (χ1n) is 5.86. The second-order valence-corrected chi connectivity index (χ2v) is 5.22. The molecule has 106 valence electrons. The molecule has 2 nitrogen and oxygen atoms in total. The van der Waals surface area contributed by atoms with Crippen molar-refractivity contribution in [3.63, 3.8) is 0 Å². The molecule has 19 heavy (non-hydrogen) atoms. The monoisotopic (exact) mass is 312 g/mol. The van der Waals surface area contributed by atoms with Gasteiger partial charge in [0.1, 0.15) is 6.04 Å². The Morgan fingerprint density at radius 2 is 1.74 bits per heavy atom. The summed E-state index contributed by atoms with van der Waals surface area (Å²) in [6.45, 7) is 1.80. The van der Waals surface area contributed by atoms with Gasteiger partial charge in [-0.2, -0.15) is 13.2 Å². The van der Waals surface area contributed by atoms with Gasteiger partial charge in [-0.3, -0.25) is 4.90 Å². The Balaban J connectivity index is 2.33. The molecule has 1 N–H and O–H groups in total. The van der Waals surface area contributed by atoms with E-state index in [2.05, 4.69) is 5.32 Å². The van der Waals surface area contributed by atoms with E-state index in [0.29, 0.717) is 26.2 Å². The summed E-state index contributed by atoms with van der Waals surface area (Å²) in [6, 6.07) is 2.45. The van der Waals surface area contributed by atoms with Crippen LogP contribution in [0, 0.1) is 0 Å². The summed E-state index contributed by atoms with van der Waals surface area (Å²) in [4.78, 5) is 1.41. The van der Waals surface area contributed by atoms with Crippen molar-refractivity contribution in [3.05, 3.63) is 33.8 Å². The van der Waals surface area contributed by atoms with Gasteiger partial charge in [-0.15, -0.1) is 0 Å². The number of piperazine rings is 1. The second kappa shape index (κ2) is 5.87. The third kappa shape index (κ3) is 3.54. The number of alkyl halides is 3. The zero-order valence-corrected chi connectivity index (χ0v) is 11.5.